The molecule has 0 aliphatic heterocycles. The summed E-state index contributed by atoms with van der Waals surface area (Å²) >= 11 is 6.00. The van der Waals surface area contributed by atoms with Crippen molar-refractivity contribution in [2.45, 2.75) is 6.10 Å². The molecule has 0 aliphatic carbocycles. The minimum atomic E-state index is -0.948. The quantitative estimate of drug-likeness (QED) is 0.805. The van der Waals surface area contributed by atoms with E-state index in [-0.39, 0.29) is 0 Å². The highest BCUT2D eigenvalue weighted by Crippen LogP contribution is 2.31. The Hall–Kier alpha value is -2.17. The zero-order valence-corrected chi connectivity index (χ0v) is 12.1. The summed E-state index contributed by atoms with van der Waals surface area (Å²) in [5.74, 6) is 0.557. The molecule has 1 aromatic heterocycles. The number of hydrogen-bond acceptors (Lipinski definition) is 4. The Labute approximate surface area is 127 Å². The van der Waals surface area contributed by atoms with Crippen LogP contribution in [0.1, 0.15) is 17.4 Å². The van der Waals surface area contributed by atoms with Crippen molar-refractivity contribution in [1.82, 2.24) is 9.97 Å². The SMILES string of the molecule is COc1ccc(Cl)cc1C(O)c1cnc2ccccc2n1. The fourth-order valence-electron chi connectivity index (χ4n) is 2.18. The van der Waals surface area contributed by atoms with Gasteiger partial charge in [-0.15, -0.1) is 0 Å². The number of benzene rings is 2. The molecule has 0 bridgehead atoms. The second-order valence-corrected chi connectivity index (χ2v) is 5.01. The number of fused-ring (bicyclic) bond motifs is 1. The van der Waals surface area contributed by atoms with Crippen molar-refractivity contribution in [3.05, 3.63) is 64.9 Å². The molecule has 106 valence electrons. The topological polar surface area (TPSA) is 55.2 Å². The number of halogens is 1. The van der Waals surface area contributed by atoms with Crippen LogP contribution in [-0.2, 0) is 0 Å². The maximum Gasteiger partial charge on any atom is 0.126 e. The average Bonchev–Trinajstić information content (AvgIpc) is 2.53. The molecule has 1 heterocycles. The maximum absolute atomic E-state index is 10.5. The molecule has 0 spiro atoms. The molecule has 4 nitrogen and oxygen atoms in total. The van der Waals surface area contributed by atoms with Gasteiger partial charge >= 0.3 is 0 Å². The third-order valence-corrected chi connectivity index (χ3v) is 3.47. The molecule has 0 saturated carbocycles. The Morgan fingerprint density at radius 1 is 1.14 bits per heavy atom. The average molecular weight is 301 g/mol. The Bertz CT molecular complexity index is 792. The lowest BCUT2D eigenvalue weighted by molar-refractivity contribution is 0.210. The zero-order chi connectivity index (χ0) is 14.8. The largest absolute Gasteiger partial charge is 0.496 e. The highest BCUT2D eigenvalue weighted by molar-refractivity contribution is 6.30. The standard InChI is InChI=1S/C16H13ClN2O2/c1-21-15-7-6-10(17)8-11(15)16(20)14-9-18-12-4-2-3-5-13(12)19-14/h2-9,16,20H,1H3. The lowest BCUT2D eigenvalue weighted by atomic mass is 10.1. The molecule has 0 saturated heterocycles. The molecule has 3 aromatic rings. The molecule has 0 amide bonds. The molecule has 3 rings (SSSR count). The van der Waals surface area contributed by atoms with E-state index in [0.717, 1.165) is 11.0 Å². The fourth-order valence-corrected chi connectivity index (χ4v) is 2.36. The van der Waals surface area contributed by atoms with E-state index in [1.54, 1.807) is 31.5 Å². The second kappa shape index (κ2) is 5.68. The van der Waals surface area contributed by atoms with E-state index in [0.29, 0.717) is 22.0 Å². The van der Waals surface area contributed by atoms with E-state index >= 15 is 0 Å². The lowest BCUT2D eigenvalue weighted by Gasteiger charge is -2.15. The first-order valence-corrected chi connectivity index (χ1v) is 6.80. The lowest BCUT2D eigenvalue weighted by Crippen LogP contribution is -2.05. The van der Waals surface area contributed by atoms with Gasteiger partial charge < -0.3 is 9.84 Å². The third-order valence-electron chi connectivity index (χ3n) is 3.23. The summed E-state index contributed by atoms with van der Waals surface area (Å²) in [6, 6.07) is 12.6. The number of aromatic nitrogens is 2. The summed E-state index contributed by atoms with van der Waals surface area (Å²) in [5, 5.41) is 11.1. The predicted octanol–water partition coefficient (Wildman–Crippen LogP) is 3.37. The Kier molecular flexibility index (Phi) is 3.73. The van der Waals surface area contributed by atoms with Gasteiger partial charge in [0.05, 0.1) is 30.0 Å². The molecular formula is C16H13ClN2O2. The Balaban J connectivity index is 2.07. The molecular weight excluding hydrogens is 288 g/mol. The van der Waals surface area contributed by atoms with E-state index in [2.05, 4.69) is 9.97 Å². The molecule has 0 aliphatic rings. The van der Waals surface area contributed by atoms with Crippen LogP contribution in [0.4, 0.5) is 0 Å². The summed E-state index contributed by atoms with van der Waals surface area (Å²) in [6.07, 6.45) is 0.614. The number of ether oxygens (including phenoxy) is 1. The summed E-state index contributed by atoms with van der Waals surface area (Å²) in [4.78, 5) is 8.75. The van der Waals surface area contributed by atoms with E-state index in [1.807, 2.05) is 24.3 Å². The number of aliphatic hydroxyl groups excluding tert-OH is 1. The number of rotatable bonds is 3. The first-order chi connectivity index (χ1) is 10.2. The molecule has 21 heavy (non-hydrogen) atoms. The molecule has 2 aromatic carbocycles. The van der Waals surface area contributed by atoms with Gasteiger partial charge in [0.2, 0.25) is 0 Å². The predicted molar refractivity (Wildman–Crippen MR) is 81.6 cm³/mol. The van der Waals surface area contributed by atoms with Gasteiger partial charge in [0.1, 0.15) is 11.9 Å². The minimum Gasteiger partial charge on any atom is -0.496 e. The molecule has 0 radical (unpaired) electrons. The first kappa shape index (κ1) is 13.8. The molecule has 5 heteroatoms. The van der Waals surface area contributed by atoms with E-state index in [1.165, 1.54) is 0 Å². The maximum atomic E-state index is 10.5. The monoisotopic (exact) mass is 300 g/mol. The second-order valence-electron chi connectivity index (χ2n) is 4.57. The van der Waals surface area contributed by atoms with E-state index < -0.39 is 6.10 Å². The highest BCUT2D eigenvalue weighted by Gasteiger charge is 2.18. The minimum absolute atomic E-state index is 0.453. The number of methoxy groups -OCH3 is 1. The Morgan fingerprint density at radius 2 is 1.90 bits per heavy atom. The normalized spacial score (nSPS) is 12.3. The van der Waals surface area contributed by atoms with Crippen molar-refractivity contribution < 1.29 is 9.84 Å². The summed E-state index contributed by atoms with van der Waals surface area (Å²) in [5.41, 5.74) is 2.53. The van der Waals surface area contributed by atoms with Crippen molar-refractivity contribution in [2.24, 2.45) is 0 Å². The van der Waals surface area contributed by atoms with Gasteiger partial charge in [-0.1, -0.05) is 23.7 Å². The van der Waals surface area contributed by atoms with Crippen LogP contribution in [0.3, 0.4) is 0 Å². The van der Waals surface area contributed by atoms with Crippen LogP contribution < -0.4 is 4.74 Å². The molecule has 1 unspecified atom stereocenters. The van der Waals surface area contributed by atoms with Crippen LogP contribution >= 0.6 is 11.6 Å². The van der Waals surface area contributed by atoms with Crippen LogP contribution in [0.5, 0.6) is 5.75 Å². The van der Waals surface area contributed by atoms with Gasteiger partial charge in [-0.25, -0.2) is 4.98 Å². The summed E-state index contributed by atoms with van der Waals surface area (Å²) in [7, 11) is 1.55. The number of aliphatic hydroxyl groups is 1. The van der Waals surface area contributed by atoms with Crippen LogP contribution in [-0.4, -0.2) is 22.2 Å². The summed E-state index contributed by atoms with van der Waals surface area (Å²) < 4.78 is 5.26. The van der Waals surface area contributed by atoms with E-state index in [9.17, 15) is 5.11 Å². The van der Waals surface area contributed by atoms with Crippen LogP contribution in [0.15, 0.2) is 48.7 Å². The third kappa shape index (κ3) is 2.68. The smallest absolute Gasteiger partial charge is 0.126 e. The zero-order valence-electron chi connectivity index (χ0n) is 11.3. The Morgan fingerprint density at radius 3 is 2.67 bits per heavy atom. The molecule has 1 atom stereocenters. The number of hydrogen-bond donors (Lipinski definition) is 1. The van der Waals surface area contributed by atoms with Crippen LogP contribution in [0.2, 0.25) is 5.02 Å². The fraction of sp³-hybridized carbons (Fsp3) is 0.125. The van der Waals surface area contributed by atoms with Gasteiger partial charge in [0.15, 0.2) is 0 Å². The van der Waals surface area contributed by atoms with E-state index in [4.69, 9.17) is 16.3 Å². The van der Waals surface area contributed by atoms with Crippen LogP contribution in [0.25, 0.3) is 11.0 Å². The number of nitrogens with zero attached hydrogens (tertiary/aromatic N) is 2. The molecule has 1 N–H and O–H groups in total. The van der Waals surface area contributed by atoms with Crippen molar-refractivity contribution in [2.75, 3.05) is 7.11 Å². The summed E-state index contributed by atoms with van der Waals surface area (Å²) in [6.45, 7) is 0. The van der Waals surface area contributed by atoms with Gasteiger partial charge in [0.25, 0.3) is 0 Å². The van der Waals surface area contributed by atoms with Crippen molar-refractivity contribution >= 4 is 22.6 Å². The van der Waals surface area contributed by atoms with Gasteiger partial charge in [-0.2, -0.15) is 0 Å². The van der Waals surface area contributed by atoms with Gasteiger partial charge in [-0.3, -0.25) is 4.98 Å². The van der Waals surface area contributed by atoms with Gasteiger partial charge in [0, 0.05) is 10.6 Å². The van der Waals surface area contributed by atoms with Crippen molar-refractivity contribution in [3.8, 4) is 5.75 Å². The highest BCUT2D eigenvalue weighted by atomic mass is 35.5. The number of para-hydroxylation sites is 2. The molecule has 0 fully saturated rings. The first-order valence-electron chi connectivity index (χ1n) is 6.42. The van der Waals surface area contributed by atoms with Crippen LogP contribution in [0, 0.1) is 0 Å². The van der Waals surface area contributed by atoms with Crippen molar-refractivity contribution in [1.29, 1.82) is 0 Å². The van der Waals surface area contributed by atoms with Gasteiger partial charge in [-0.05, 0) is 30.3 Å². The van der Waals surface area contributed by atoms with Crippen molar-refractivity contribution in [3.63, 3.8) is 0 Å².